The van der Waals surface area contributed by atoms with Gasteiger partial charge in [-0.05, 0) is 37.1 Å². The smallest absolute Gasteiger partial charge is 0.126 e. The lowest BCUT2D eigenvalue weighted by molar-refractivity contribution is 0.293. The molecule has 2 heteroatoms. The minimum absolute atomic E-state index is 0.927. The van der Waals surface area contributed by atoms with Crippen molar-refractivity contribution >= 4 is 6.08 Å². The van der Waals surface area contributed by atoms with Gasteiger partial charge in [-0.15, -0.1) is 0 Å². The molecule has 15 heavy (non-hydrogen) atoms. The molecule has 1 fully saturated rings. The summed E-state index contributed by atoms with van der Waals surface area (Å²) in [6.45, 7) is 2.08. The molecule has 0 atom stereocenters. The zero-order valence-corrected chi connectivity index (χ0v) is 9.11. The van der Waals surface area contributed by atoms with Crippen molar-refractivity contribution in [3.8, 4) is 0 Å². The number of nitrogens with one attached hydrogen (secondary N) is 1. The third kappa shape index (κ3) is 3.56. The lowest BCUT2D eigenvalue weighted by Crippen LogP contribution is -2.21. The summed E-state index contributed by atoms with van der Waals surface area (Å²) in [5, 5.41) is 3.42. The molecule has 0 radical (unpaired) electrons. The first-order valence-corrected chi connectivity index (χ1v) is 5.86. The van der Waals surface area contributed by atoms with Gasteiger partial charge in [0.2, 0.25) is 0 Å². The van der Waals surface area contributed by atoms with Crippen LogP contribution >= 0.6 is 0 Å². The maximum Gasteiger partial charge on any atom is 0.126 e. The third-order valence-corrected chi connectivity index (χ3v) is 3.04. The average Bonchev–Trinajstić information content (AvgIpc) is 2.66. The number of furan rings is 1. The molecule has 1 saturated carbocycles. The van der Waals surface area contributed by atoms with Crippen molar-refractivity contribution in [2.24, 2.45) is 5.92 Å². The Balaban J connectivity index is 1.51. The van der Waals surface area contributed by atoms with E-state index in [1.807, 2.05) is 18.2 Å². The van der Waals surface area contributed by atoms with Crippen LogP contribution in [0.15, 0.2) is 28.9 Å². The fourth-order valence-electron chi connectivity index (χ4n) is 1.83. The second kappa shape index (κ2) is 5.76. The SMILES string of the molecule is C(=C\c1ccco1)/CNCCC1CCC1. The highest BCUT2D eigenvalue weighted by atomic mass is 16.3. The van der Waals surface area contributed by atoms with E-state index in [0.29, 0.717) is 0 Å². The molecule has 0 saturated heterocycles. The van der Waals surface area contributed by atoms with Crippen LogP contribution in [0.4, 0.5) is 0 Å². The molecule has 1 aliphatic carbocycles. The molecular weight excluding hydrogens is 186 g/mol. The van der Waals surface area contributed by atoms with E-state index >= 15 is 0 Å². The van der Waals surface area contributed by atoms with Gasteiger partial charge in [0.15, 0.2) is 0 Å². The topological polar surface area (TPSA) is 25.2 Å². The molecule has 1 heterocycles. The summed E-state index contributed by atoms with van der Waals surface area (Å²) in [5.74, 6) is 1.93. The molecule has 0 unspecified atom stereocenters. The highest BCUT2D eigenvalue weighted by Gasteiger charge is 2.15. The summed E-state index contributed by atoms with van der Waals surface area (Å²) >= 11 is 0. The Morgan fingerprint density at radius 2 is 2.40 bits per heavy atom. The second-order valence-electron chi connectivity index (χ2n) is 4.21. The minimum Gasteiger partial charge on any atom is -0.465 e. The standard InChI is InChI=1S/C13H19NO/c1-4-12(5-1)8-10-14-9-2-6-13-7-3-11-15-13/h2-3,6-7,11-12,14H,1,4-5,8-10H2/b6-2+. The Morgan fingerprint density at radius 1 is 1.47 bits per heavy atom. The van der Waals surface area contributed by atoms with Crippen molar-refractivity contribution in [3.63, 3.8) is 0 Å². The predicted molar refractivity (Wildman–Crippen MR) is 62.6 cm³/mol. The molecule has 1 aliphatic rings. The maximum absolute atomic E-state index is 5.19. The fraction of sp³-hybridized carbons (Fsp3) is 0.538. The van der Waals surface area contributed by atoms with E-state index < -0.39 is 0 Å². The molecule has 2 rings (SSSR count). The van der Waals surface area contributed by atoms with Gasteiger partial charge in [-0.3, -0.25) is 0 Å². The van der Waals surface area contributed by atoms with E-state index in [-0.39, 0.29) is 0 Å². The Bertz CT molecular complexity index is 285. The summed E-state index contributed by atoms with van der Waals surface area (Å²) in [6, 6.07) is 3.87. The van der Waals surface area contributed by atoms with E-state index in [0.717, 1.165) is 24.8 Å². The molecule has 2 nitrogen and oxygen atoms in total. The predicted octanol–water partition coefficient (Wildman–Crippen LogP) is 3.07. The van der Waals surface area contributed by atoms with Crippen LogP contribution in [0.25, 0.3) is 6.08 Å². The first-order chi connectivity index (χ1) is 7.45. The summed E-state index contributed by atoms with van der Waals surface area (Å²) in [7, 11) is 0. The quantitative estimate of drug-likeness (QED) is 0.722. The number of hydrogen-bond acceptors (Lipinski definition) is 2. The molecule has 0 bridgehead atoms. The Labute approximate surface area is 91.4 Å². The van der Waals surface area contributed by atoms with Gasteiger partial charge in [0.25, 0.3) is 0 Å². The lowest BCUT2D eigenvalue weighted by atomic mass is 9.83. The lowest BCUT2D eigenvalue weighted by Gasteiger charge is -2.24. The van der Waals surface area contributed by atoms with Crippen LogP contribution < -0.4 is 5.32 Å². The van der Waals surface area contributed by atoms with E-state index in [9.17, 15) is 0 Å². The van der Waals surface area contributed by atoms with Gasteiger partial charge in [-0.25, -0.2) is 0 Å². The van der Waals surface area contributed by atoms with Crippen molar-refractivity contribution in [1.82, 2.24) is 5.32 Å². The van der Waals surface area contributed by atoms with Crippen LogP contribution in [0, 0.1) is 5.92 Å². The van der Waals surface area contributed by atoms with Crippen LogP contribution in [0.5, 0.6) is 0 Å². The second-order valence-corrected chi connectivity index (χ2v) is 4.21. The molecule has 1 aromatic heterocycles. The normalized spacial score (nSPS) is 17.1. The molecule has 0 aromatic carbocycles. The Kier molecular flexibility index (Phi) is 4.03. The summed E-state index contributed by atoms with van der Waals surface area (Å²) in [4.78, 5) is 0. The van der Waals surface area contributed by atoms with Crippen LogP contribution in [-0.2, 0) is 0 Å². The number of hydrogen-bond donors (Lipinski definition) is 1. The Morgan fingerprint density at radius 3 is 3.07 bits per heavy atom. The van der Waals surface area contributed by atoms with Gasteiger partial charge >= 0.3 is 0 Å². The van der Waals surface area contributed by atoms with Gasteiger partial charge in [0.1, 0.15) is 5.76 Å². The Hall–Kier alpha value is -1.02. The van der Waals surface area contributed by atoms with Crippen LogP contribution in [0.2, 0.25) is 0 Å². The molecule has 0 amide bonds. The molecule has 0 spiro atoms. The van der Waals surface area contributed by atoms with E-state index in [1.165, 1.54) is 25.7 Å². The zero-order chi connectivity index (χ0) is 10.3. The van der Waals surface area contributed by atoms with Crippen molar-refractivity contribution < 1.29 is 4.42 Å². The maximum atomic E-state index is 5.19. The van der Waals surface area contributed by atoms with Gasteiger partial charge in [-0.2, -0.15) is 0 Å². The first kappa shape index (κ1) is 10.5. The van der Waals surface area contributed by atoms with Gasteiger partial charge in [-0.1, -0.05) is 25.3 Å². The van der Waals surface area contributed by atoms with Gasteiger partial charge < -0.3 is 9.73 Å². The van der Waals surface area contributed by atoms with Gasteiger partial charge in [0, 0.05) is 6.54 Å². The summed E-state index contributed by atoms with van der Waals surface area (Å²) < 4.78 is 5.19. The van der Waals surface area contributed by atoms with E-state index in [1.54, 1.807) is 6.26 Å². The van der Waals surface area contributed by atoms with Crippen molar-refractivity contribution in [1.29, 1.82) is 0 Å². The third-order valence-electron chi connectivity index (χ3n) is 3.04. The number of rotatable bonds is 6. The van der Waals surface area contributed by atoms with Crippen LogP contribution in [0.1, 0.15) is 31.4 Å². The van der Waals surface area contributed by atoms with Crippen LogP contribution in [0.3, 0.4) is 0 Å². The molecule has 0 aliphatic heterocycles. The summed E-state index contributed by atoms with van der Waals surface area (Å²) in [5.41, 5.74) is 0. The zero-order valence-electron chi connectivity index (χ0n) is 9.11. The highest BCUT2D eigenvalue weighted by molar-refractivity contribution is 5.42. The van der Waals surface area contributed by atoms with Crippen molar-refractivity contribution in [3.05, 3.63) is 30.2 Å². The largest absolute Gasteiger partial charge is 0.465 e. The molecule has 1 aromatic rings. The summed E-state index contributed by atoms with van der Waals surface area (Å²) in [6.07, 6.45) is 11.5. The fourth-order valence-corrected chi connectivity index (χ4v) is 1.83. The van der Waals surface area contributed by atoms with Crippen LogP contribution in [-0.4, -0.2) is 13.1 Å². The van der Waals surface area contributed by atoms with E-state index in [2.05, 4.69) is 11.4 Å². The first-order valence-electron chi connectivity index (χ1n) is 5.86. The van der Waals surface area contributed by atoms with Crippen molar-refractivity contribution in [2.75, 3.05) is 13.1 Å². The highest BCUT2D eigenvalue weighted by Crippen LogP contribution is 2.28. The molecule has 82 valence electrons. The monoisotopic (exact) mass is 205 g/mol. The van der Waals surface area contributed by atoms with E-state index in [4.69, 9.17) is 4.42 Å². The molecule has 1 N–H and O–H groups in total. The van der Waals surface area contributed by atoms with Gasteiger partial charge in [0.05, 0.1) is 6.26 Å². The average molecular weight is 205 g/mol. The minimum atomic E-state index is 0.927. The van der Waals surface area contributed by atoms with Crippen molar-refractivity contribution in [2.45, 2.75) is 25.7 Å². The molecular formula is C13H19NO.